The Labute approximate surface area is 285 Å². The predicted octanol–water partition coefficient (Wildman–Crippen LogP) is 6.27. The first-order valence-electron chi connectivity index (χ1n) is 15.7. The zero-order valence-electron chi connectivity index (χ0n) is 26.7. The number of aromatic nitrogens is 3. The van der Waals surface area contributed by atoms with Crippen LogP contribution in [0.5, 0.6) is 5.75 Å². The maximum Gasteiger partial charge on any atom is 0.246 e. The molecule has 1 saturated heterocycles. The van der Waals surface area contributed by atoms with Crippen molar-refractivity contribution in [3.05, 3.63) is 76.8 Å². The number of thiophene rings is 1. The van der Waals surface area contributed by atoms with Crippen LogP contribution in [0.15, 0.2) is 54.6 Å². The van der Waals surface area contributed by atoms with Gasteiger partial charge in [-0.1, -0.05) is 6.58 Å². The number of methoxy groups -OCH3 is 1. The molecule has 0 aliphatic carbocycles. The first-order chi connectivity index (χ1) is 23.3. The molecule has 13 heteroatoms. The maximum absolute atomic E-state index is 16.0. The molecule has 0 spiro atoms. The molecular formula is C35H34F2N6O3S2. The van der Waals surface area contributed by atoms with Gasteiger partial charge in [0.1, 0.15) is 40.5 Å². The number of carbonyl (C=O) groups excluding carboxylic acids is 1. The summed E-state index contributed by atoms with van der Waals surface area (Å²) in [7, 11) is 3.65. The van der Waals surface area contributed by atoms with Crippen molar-refractivity contribution in [2.24, 2.45) is 0 Å². The van der Waals surface area contributed by atoms with Crippen LogP contribution in [-0.4, -0.2) is 90.8 Å². The summed E-state index contributed by atoms with van der Waals surface area (Å²) in [5.41, 5.74) is 3.40. The van der Waals surface area contributed by atoms with E-state index in [0.29, 0.717) is 41.5 Å². The van der Waals surface area contributed by atoms with Gasteiger partial charge in [0.2, 0.25) is 5.91 Å². The summed E-state index contributed by atoms with van der Waals surface area (Å²) in [6.07, 6.45) is 3.72. The Morgan fingerprint density at radius 2 is 1.88 bits per heavy atom. The molecule has 48 heavy (non-hydrogen) atoms. The maximum atomic E-state index is 16.0. The third-order valence-electron chi connectivity index (χ3n) is 8.69. The lowest BCUT2D eigenvalue weighted by Gasteiger charge is -2.33. The number of piperazine rings is 1. The first kappa shape index (κ1) is 32.3. The van der Waals surface area contributed by atoms with Gasteiger partial charge in [-0.25, -0.2) is 23.7 Å². The molecule has 5 aromatic rings. The van der Waals surface area contributed by atoms with Crippen molar-refractivity contribution in [3.63, 3.8) is 0 Å². The molecule has 0 atom stereocenters. The molecule has 1 fully saturated rings. The molecule has 7 rings (SSSR count). The van der Waals surface area contributed by atoms with Crippen LogP contribution < -0.4 is 9.64 Å². The van der Waals surface area contributed by atoms with E-state index in [4.69, 9.17) is 24.4 Å². The van der Waals surface area contributed by atoms with E-state index >= 15 is 4.39 Å². The fraction of sp³-hybridized carbons (Fsp3) is 0.314. The number of likely N-dealkylation sites (N-methyl/N-ethyl adjacent to an activating group) is 1. The van der Waals surface area contributed by atoms with Crippen molar-refractivity contribution in [3.8, 4) is 38.8 Å². The molecule has 6 heterocycles. The van der Waals surface area contributed by atoms with Crippen molar-refractivity contribution < 1.29 is 23.0 Å². The third kappa shape index (κ3) is 6.18. The number of hydrogen-bond donors (Lipinski definition) is 0. The Kier molecular flexibility index (Phi) is 9.19. The number of pyridine rings is 2. The minimum atomic E-state index is -0.768. The second-order valence-electron chi connectivity index (χ2n) is 11.7. The number of ether oxygens (including phenoxy) is 2. The Hall–Kier alpha value is -4.30. The Morgan fingerprint density at radius 1 is 1.04 bits per heavy atom. The summed E-state index contributed by atoms with van der Waals surface area (Å²) in [6.45, 7) is 8.64. The lowest BCUT2D eigenvalue weighted by atomic mass is 9.98. The van der Waals surface area contributed by atoms with Crippen molar-refractivity contribution in [1.82, 2.24) is 24.8 Å². The molecule has 0 saturated carbocycles. The second kappa shape index (κ2) is 13.7. The molecule has 248 valence electrons. The summed E-state index contributed by atoms with van der Waals surface area (Å²) in [6, 6.07) is 8.05. The SMILES string of the molecule is C=CC(=O)N1CCc2nc(-c3nc(-c4ccc(N5CCN(C)CC5)nc4)c4ccsc4c3-c3c(F)cc(F)cc3OCCOC)sc2C1. The molecule has 2 aliphatic heterocycles. The normalized spacial score (nSPS) is 15.2. The van der Waals surface area contributed by atoms with Gasteiger partial charge in [0.15, 0.2) is 0 Å². The van der Waals surface area contributed by atoms with E-state index in [0.717, 1.165) is 64.3 Å². The van der Waals surface area contributed by atoms with Crippen LogP contribution in [0.25, 0.3) is 43.2 Å². The molecule has 0 radical (unpaired) electrons. The quantitative estimate of drug-likeness (QED) is 0.132. The van der Waals surface area contributed by atoms with Gasteiger partial charge >= 0.3 is 0 Å². The van der Waals surface area contributed by atoms with E-state index in [1.165, 1.54) is 41.9 Å². The number of rotatable bonds is 9. The number of carbonyl (C=O) groups is 1. The van der Waals surface area contributed by atoms with Crippen molar-refractivity contribution >= 4 is 44.5 Å². The van der Waals surface area contributed by atoms with E-state index < -0.39 is 11.6 Å². The molecule has 1 aromatic carbocycles. The average molecular weight is 689 g/mol. The van der Waals surface area contributed by atoms with Gasteiger partial charge in [0.05, 0.1) is 30.1 Å². The number of amides is 1. The van der Waals surface area contributed by atoms with Crippen LogP contribution in [0.2, 0.25) is 0 Å². The number of nitrogens with zero attached hydrogens (tertiary/aromatic N) is 6. The van der Waals surface area contributed by atoms with E-state index in [1.807, 2.05) is 29.8 Å². The molecule has 0 N–H and O–H groups in total. The lowest BCUT2D eigenvalue weighted by Crippen LogP contribution is -2.44. The van der Waals surface area contributed by atoms with Crippen LogP contribution >= 0.6 is 22.7 Å². The first-order valence-corrected chi connectivity index (χ1v) is 17.4. The standard InChI is InChI=1S/C35H34F2N6O3S2/c1-4-29(44)43-9-7-25-27(20-43)48-35(39-25)33-31(30-24(37)17-22(36)18-26(30)46-15-14-45-3)34-23(8-16-47-34)32(40-33)21-5-6-28(38-19-21)42-12-10-41(2)11-13-42/h4-6,8,16-19H,1,7,9-15,20H2,2-3H3. The average Bonchev–Trinajstić information content (AvgIpc) is 3.76. The highest BCUT2D eigenvalue weighted by Crippen LogP contribution is 2.48. The summed E-state index contributed by atoms with van der Waals surface area (Å²) < 4.78 is 42.5. The van der Waals surface area contributed by atoms with Gasteiger partial charge in [-0.2, -0.15) is 0 Å². The van der Waals surface area contributed by atoms with Gasteiger partial charge in [0.25, 0.3) is 0 Å². The van der Waals surface area contributed by atoms with Gasteiger partial charge < -0.3 is 24.2 Å². The van der Waals surface area contributed by atoms with E-state index in [9.17, 15) is 9.18 Å². The fourth-order valence-corrected chi connectivity index (χ4v) is 8.20. The van der Waals surface area contributed by atoms with Crippen LogP contribution in [0, 0.1) is 11.6 Å². The number of thiazole rings is 1. The fourth-order valence-electron chi connectivity index (χ4n) is 6.14. The molecule has 0 unspecified atom stereocenters. The summed E-state index contributed by atoms with van der Waals surface area (Å²) in [5.74, 6) is -0.703. The molecule has 1 amide bonds. The lowest BCUT2D eigenvalue weighted by molar-refractivity contribution is -0.126. The zero-order valence-corrected chi connectivity index (χ0v) is 28.3. The van der Waals surface area contributed by atoms with E-state index in [2.05, 4.69) is 23.4 Å². The minimum Gasteiger partial charge on any atom is -0.490 e. The largest absolute Gasteiger partial charge is 0.490 e. The summed E-state index contributed by atoms with van der Waals surface area (Å²) in [5, 5.41) is 3.32. The van der Waals surface area contributed by atoms with E-state index in [-0.39, 0.29) is 30.4 Å². The van der Waals surface area contributed by atoms with Gasteiger partial charge in [-0.15, -0.1) is 22.7 Å². The third-order valence-corrected chi connectivity index (χ3v) is 10.7. The van der Waals surface area contributed by atoms with E-state index in [1.54, 1.807) is 4.90 Å². The topological polar surface area (TPSA) is 83.9 Å². The number of anilines is 1. The van der Waals surface area contributed by atoms with Crippen molar-refractivity contribution in [1.29, 1.82) is 0 Å². The Morgan fingerprint density at radius 3 is 2.62 bits per heavy atom. The van der Waals surface area contributed by atoms with Crippen LogP contribution in [0.1, 0.15) is 10.6 Å². The second-order valence-corrected chi connectivity index (χ2v) is 13.7. The molecule has 0 bridgehead atoms. The van der Waals surface area contributed by atoms with Crippen molar-refractivity contribution in [2.75, 3.05) is 65.0 Å². The highest BCUT2D eigenvalue weighted by atomic mass is 32.1. The summed E-state index contributed by atoms with van der Waals surface area (Å²) in [4.78, 5) is 34.7. The van der Waals surface area contributed by atoms with Crippen LogP contribution in [0.3, 0.4) is 0 Å². The number of fused-ring (bicyclic) bond motifs is 2. The highest BCUT2D eigenvalue weighted by molar-refractivity contribution is 7.18. The smallest absolute Gasteiger partial charge is 0.246 e. The van der Waals surface area contributed by atoms with Gasteiger partial charge in [-0.3, -0.25) is 4.79 Å². The monoisotopic (exact) mass is 688 g/mol. The number of benzene rings is 1. The highest BCUT2D eigenvalue weighted by Gasteiger charge is 2.29. The van der Waals surface area contributed by atoms with Gasteiger partial charge in [-0.05, 0) is 36.7 Å². The zero-order chi connectivity index (χ0) is 33.4. The number of hydrogen-bond acceptors (Lipinski definition) is 10. The van der Waals surface area contributed by atoms with Crippen LogP contribution in [-0.2, 0) is 22.5 Å². The van der Waals surface area contributed by atoms with Crippen molar-refractivity contribution in [2.45, 2.75) is 13.0 Å². The van der Waals surface area contributed by atoms with Gasteiger partial charge in [0, 0.05) is 90.7 Å². The van der Waals surface area contributed by atoms with Crippen LogP contribution in [0.4, 0.5) is 14.6 Å². The molecule has 2 aliphatic rings. The Balaban J connectivity index is 1.40. The molecule has 4 aromatic heterocycles. The minimum absolute atomic E-state index is 0.0531. The predicted molar refractivity (Wildman–Crippen MR) is 186 cm³/mol. The molecule has 9 nitrogen and oxygen atoms in total. The summed E-state index contributed by atoms with van der Waals surface area (Å²) >= 11 is 2.86. The Bertz CT molecular complexity index is 1990. The number of halogens is 2. The molecular weight excluding hydrogens is 655 g/mol.